The molecule has 1 aromatic rings. The van der Waals surface area contributed by atoms with Gasteiger partial charge in [0.2, 0.25) is 0 Å². The average Bonchev–Trinajstić information content (AvgIpc) is 2.03. The van der Waals surface area contributed by atoms with Gasteiger partial charge in [-0.05, 0) is 5.56 Å². The Morgan fingerprint density at radius 2 is 1.64 bits per heavy atom. The smallest absolute Gasteiger partial charge is 0.736 e. The molecule has 4 nitrogen and oxygen atoms in total. The first kappa shape index (κ1) is 16.3. The number of hydrogen-bond donors (Lipinski definition) is 1. The maximum absolute atomic E-state index is 8.85. The maximum atomic E-state index is 8.85. The summed E-state index contributed by atoms with van der Waals surface area (Å²) in [5.41, 5.74) is 1.17. The summed E-state index contributed by atoms with van der Waals surface area (Å²) in [4.78, 5) is 0. The van der Waals surface area contributed by atoms with E-state index in [4.69, 9.17) is 13.0 Å². The minimum Gasteiger partial charge on any atom is -0.736 e. The standard InChI is InChI=1S/C8H8.H3NO3S.Na/c1-2-8-6-4-3-5-7-8;1-5(2,3)4;/h2-7H,1H2;(H3,1,2,3,4);/q;;+1/p-1. The van der Waals surface area contributed by atoms with Crippen LogP contribution < -0.4 is 34.7 Å². The fraction of sp³-hybridized carbons (Fsp3) is 0. The van der Waals surface area contributed by atoms with Crippen molar-refractivity contribution < 1.29 is 42.5 Å². The van der Waals surface area contributed by atoms with Crippen molar-refractivity contribution in [3.63, 3.8) is 0 Å². The first-order chi connectivity index (χ1) is 5.93. The van der Waals surface area contributed by atoms with Crippen molar-refractivity contribution >= 4 is 16.4 Å². The molecule has 1 aromatic carbocycles. The molecule has 14 heavy (non-hydrogen) atoms. The molecular weight excluding hydrogens is 213 g/mol. The first-order valence-corrected chi connectivity index (χ1v) is 4.81. The predicted molar refractivity (Wildman–Crippen MR) is 50.4 cm³/mol. The molecule has 0 aromatic heterocycles. The molecule has 0 radical (unpaired) electrons. The summed E-state index contributed by atoms with van der Waals surface area (Å²) in [6.45, 7) is 3.63. The van der Waals surface area contributed by atoms with Gasteiger partial charge in [-0.25, -0.2) is 13.6 Å². The van der Waals surface area contributed by atoms with Gasteiger partial charge in [-0.2, -0.15) is 0 Å². The molecule has 0 saturated heterocycles. The van der Waals surface area contributed by atoms with E-state index in [2.05, 4.69) is 11.7 Å². The van der Waals surface area contributed by atoms with Crippen molar-refractivity contribution in [1.29, 1.82) is 0 Å². The van der Waals surface area contributed by atoms with Crippen LogP contribution in [0.1, 0.15) is 5.56 Å². The molecule has 72 valence electrons. The van der Waals surface area contributed by atoms with Gasteiger partial charge in [0, 0.05) is 0 Å². The van der Waals surface area contributed by atoms with E-state index in [9.17, 15) is 0 Å². The van der Waals surface area contributed by atoms with Gasteiger partial charge < -0.3 is 4.55 Å². The molecule has 0 atom stereocenters. The summed E-state index contributed by atoms with van der Waals surface area (Å²) < 4.78 is 26.6. The van der Waals surface area contributed by atoms with Crippen molar-refractivity contribution in [2.24, 2.45) is 5.14 Å². The summed E-state index contributed by atoms with van der Waals surface area (Å²) in [5.74, 6) is 0. The van der Waals surface area contributed by atoms with E-state index in [1.165, 1.54) is 5.56 Å². The Hall–Kier alpha value is -0.170. The van der Waals surface area contributed by atoms with Gasteiger partial charge in [0.1, 0.15) is 0 Å². The second-order valence-electron chi connectivity index (χ2n) is 2.11. The third kappa shape index (κ3) is 14.4. The van der Waals surface area contributed by atoms with Crippen LogP contribution >= 0.6 is 0 Å². The van der Waals surface area contributed by atoms with Gasteiger partial charge in [-0.1, -0.05) is 43.0 Å². The van der Waals surface area contributed by atoms with Gasteiger partial charge in [0.15, 0.2) is 10.3 Å². The Labute approximate surface area is 106 Å². The fourth-order valence-corrected chi connectivity index (χ4v) is 0.589. The molecule has 2 N–H and O–H groups in total. The normalized spacial score (nSPS) is 9.00. The molecule has 0 amide bonds. The summed E-state index contributed by atoms with van der Waals surface area (Å²) in [5, 5.41) is 3.77. The van der Waals surface area contributed by atoms with Crippen LogP contribution in [0, 0.1) is 0 Å². The monoisotopic (exact) mass is 223 g/mol. The third-order valence-corrected chi connectivity index (χ3v) is 1.04. The average molecular weight is 223 g/mol. The molecule has 0 fully saturated rings. The number of nitrogens with two attached hydrogens (primary N) is 1. The second-order valence-corrected chi connectivity index (χ2v) is 3.09. The van der Waals surface area contributed by atoms with Crippen molar-refractivity contribution in [2.45, 2.75) is 0 Å². The fourth-order valence-electron chi connectivity index (χ4n) is 0.589. The third-order valence-electron chi connectivity index (χ3n) is 1.04. The molecule has 0 aliphatic heterocycles. The van der Waals surface area contributed by atoms with E-state index in [0.29, 0.717) is 0 Å². The zero-order valence-corrected chi connectivity index (χ0v) is 10.7. The molecule has 0 aliphatic carbocycles. The zero-order chi connectivity index (χ0) is 10.3. The Morgan fingerprint density at radius 1 is 1.29 bits per heavy atom. The topological polar surface area (TPSA) is 83.2 Å². The molecule has 0 heterocycles. The number of rotatable bonds is 1. The van der Waals surface area contributed by atoms with Crippen LogP contribution in [0.15, 0.2) is 36.9 Å². The van der Waals surface area contributed by atoms with Crippen molar-refractivity contribution in [2.75, 3.05) is 0 Å². The van der Waals surface area contributed by atoms with Crippen molar-refractivity contribution in [3.8, 4) is 0 Å². The molecule has 0 spiro atoms. The van der Waals surface area contributed by atoms with E-state index in [-0.39, 0.29) is 29.6 Å². The van der Waals surface area contributed by atoms with Crippen LogP contribution in [0.4, 0.5) is 0 Å². The van der Waals surface area contributed by atoms with Crippen LogP contribution in [0.5, 0.6) is 0 Å². The van der Waals surface area contributed by atoms with Gasteiger partial charge in [0.25, 0.3) is 0 Å². The van der Waals surface area contributed by atoms with Crippen LogP contribution in [-0.2, 0) is 10.3 Å². The Kier molecular flexibility index (Phi) is 9.49. The minimum atomic E-state index is -4.42. The zero-order valence-electron chi connectivity index (χ0n) is 7.88. The summed E-state index contributed by atoms with van der Waals surface area (Å²) in [7, 11) is -4.42. The van der Waals surface area contributed by atoms with E-state index in [1.807, 2.05) is 36.4 Å². The molecule has 0 unspecified atom stereocenters. The Balaban J connectivity index is 0. The van der Waals surface area contributed by atoms with Crippen LogP contribution in [0.25, 0.3) is 6.08 Å². The Bertz CT molecular complexity index is 342. The SMILES string of the molecule is C=Cc1ccccc1.NS(=O)(=O)[O-].[Na+]. The molecular formula is C8H10NNaO3S. The molecule has 0 aliphatic rings. The van der Waals surface area contributed by atoms with E-state index < -0.39 is 10.3 Å². The molecule has 0 saturated carbocycles. The summed E-state index contributed by atoms with van der Waals surface area (Å²) >= 11 is 0. The van der Waals surface area contributed by atoms with Crippen LogP contribution in [0.3, 0.4) is 0 Å². The van der Waals surface area contributed by atoms with Gasteiger partial charge in [-0.3, -0.25) is 0 Å². The second kappa shape index (κ2) is 8.16. The van der Waals surface area contributed by atoms with Crippen molar-refractivity contribution in [3.05, 3.63) is 42.5 Å². The first-order valence-electron chi connectivity index (χ1n) is 3.34. The molecule has 6 heteroatoms. The number of hydrogen-bond acceptors (Lipinski definition) is 3. The largest absolute Gasteiger partial charge is 1.00 e. The maximum Gasteiger partial charge on any atom is 1.00 e. The van der Waals surface area contributed by atoms with Gasteiger partial charge >= 0.3 is 29.6 Å². The summed E-state index contributed by atoms with van der Waals surface area (Å²) in [6.07, 6.45) is 1.83. The van der Waals surface area contributed by atoms with E-state index in [1.54, 1.807) is 0 Å². The van der Waals surface area contributed by atoms with Crippen LogP contribution in [0.2, 0.25) is 0 Å². The molecule has 0 bridgehead atoms. The van der Waals surface area contributed by atoms with Gasteiger partial charge in [-0.15, -0.1) is 0 Å². The van der Waals surface area contributed by atoms with E-state index in [0.717, 1.165) is 0 Å². The predicted octanol–water partition coefficient (Wildman–Crippen LogP) is -2.26. The quantitative estimate of drug-likeness (QED) is 0.431. The number of benzene rings is 1. The molecule has 1 rings (SSSR count). The Morgan fingerprint density at radius 3 is 1.86 bits per heavy atom. The van der Waals surface area contributed by atoms with Crippen LogP contribution in [-0.4, -0.2) is 13.0 Å². The van der Waals surface area contributed by atoms with Crippen molar-refractivity contribution in [1.82, 2.24) is 0 Å². The minimum absolute atomic E-state index is 0. The van der Waals surface area contributed by atoms with E-state index >= 15 is 0 Å². The summed E-state index contributed by atoms with van der Waals surface area (Å²) in [6, 6.07) is 10.0. The van der Waals surface area contributed by atoms with Gasteiger partial charge in [0.05, 0.1) is 0 Å².